The van der Waals surface area contributed by atoms with E-state index in [9.17, 15) is 14.7 Å². The Kier molecular flexibility index (Phi) is 5.82. The van der Waals surface area contributed by atoms with Gasteiger partial charge in [0.2, 0.25) is 5.91 Å². The van der Waals surface area contributed by atoms with Gasteiger partial charge in [0.1, 0.15) is 6.04 Å². The number of rotatable bonds is 7. The van der Waals surface area contributed by atoms with E-state index < -0.39 is 17.9 Å². The fourth-order valence-electron chi connectivity index (χ4n) is 2.32. The SMILES string of the molecule is NCC(=O)N(Cc1ccccn1)[C@@H](Cc1ccccc1)C(=O)O. The van der Waals surface area contributed by atoms with Crippen molar-refractivity contribution in [1.29, 1.82) is 0 Å². The number of hydrogen-bond donors (Lipinski definition) is 2. The second-order valence-corrected chi connectivity index (χ2v) is 5.09. The van der Waals surface area contributed by atoms with E-state index in [1.165, 1.54) is 4.90 Å². The summed E-state index contributed by atoms with van der Waals surface area (Å²) in [7, 11) is 0. The van der Waals surface area contributed by atoms with Crippen molar-refractivity contribution in [3.8, 4) is 0 Å². The molecule has 6 heteroatoms. The van der Waals surface area contributed by atoms with E-state index in [2.05, 4.69) is 4.98 Å². The average molecular weight is 313 g/mol. The standard InChI is InChI=1S/C17H19N3O3/c18-11-16(21)20(12-14-8-4-5-9-19-14)15(17(22)23)10-13-6-2-1-3-7-13/h1-9,15H,10-12,18H2,(H,22,23)/t15-/m0/s1. The summed E-state index contributed by atoms with van der Waals surface area (Å²) in [5, 5.41) is 9.57. The summed E-state index contributed by atoms with van der Waals surface area (Å²) in [6.45, 7) is -0.133. The third-order valence-electron chi connectivity index (χ3n) is 3.49. The van der Waals surface area contributed by atoms with Gasteiger partial charge in [0.25, 0.3) is 0 Å². The van der Waals surface area contributed by atoms with Gasteiger partial charge in [-0.15, -0.1) is 0 Å². The topological polar surface area (TPSA) is 96.5 Å². The van der Waals surface area contributed by atoms with Gasteiger partial charge in [0, 0.05) is 12.6 Å². The number of carboxylic acid groups (broad SMARTS) is 1. The van der Waals surface area contributed by atoms with Crippen LogP contribution in [0, 0.1) is 0 Å². The normalized spacial score (nSPS) is 11.7. The van der Waals surface area contributed by atoms with Crippen LogP contribution in [0.3, 0.4) is 0 Å². The number of hydrogen-bond acceptors (Lipinski definition) is 4. The maximum atomic E-state index is 12.2. The Hall–Kier alpha value is -2.73. The van der Waals surface area contributed by atoms with Gasteiger partial charge in [-0.1, -0.05) is 36.4 Å². The van der Waals surface area contributed by atoms with Gasteiger partial charge < -0.3 is 15.7 Å². The first-order valence-corrected chi connectivity index (χ1v) is 7.28. The first-order valence-electron chi connectivity index (χ1n) is 7.28. The van der Waals surface area contributed by atoms with Crippen molar-refractivity contribution in [3.05, 3.63) is 66.0 Å². The van der Waals surface area contributed by atoms with Crippen molar-refractivity contribution in [3.63, 3.8) is 0 Å². The zero-order valence-corrected chi connectivity index (χ0v) is 12.6. The van der Waals surface area contributed by atoms with Crippen LogP contribution in [-0.2, 0) is 22.6 Å². The smallest absolute Gasteiger partial charge is 0.326 e. The van der Waals surface area contributed by atoms with E-state index in [1.54, 1.807) is 24.4 Å². The lowest BCUT2D eigenvalue weighted by Gasteiger charge is -2.28. The minimum atomic E-state index is -1.06. The van der Waals surface area contributed by atoms with Gasteiger partial charge in [-0.2, -0.15) is 0 Å². The van der Waals surface area contributed by atoms with Gasteiger partial charge >= 0.3 is 5.97 Å². The molecule has 6 nitrogen and oxygen atoms in total. The molecule has 23 heavy (non-hydrogen) atoms. The molecule has 2 rings (SSSR count). The summed E-state index contributed by atoms with van der Waals surface area (Å²) in [6.07, 6.45) is 1.82. The number of carbonyl (C=O) groups excluding carboxylic acids is 1. The first-order chi connectivity index (χ1) is 11.1. The summed E-state index contributed by atoms with van der Waals surface area (Å²) in [5.41, 5.74) is 6.92. The van der Waals surface area contributed by atoms with Crippen molar-refractivity contribution in [2.24, 2.45) is 5.73 Å². The molecular weight excluding hydrogens is 294 g/mol. The summed E-state index contributed by atoms with van der Waals surface area (Å²) in [6, 6.07) is 13.5. The third-order valence-corrected chi connectivity index (χ3v) is 3.49. The molecule has 120 valence electrons. The van der Waals surface area contributed by atoms with Crippen LogP contribution in [0.2, 0.25) is 0 Å². The molecular formula is C17H19N3O3. The Morgan fingerprint density at radius 2 is 1.83 bits per heavy atom. The lowest BCUT2D eigenvalue weighted by Crippen LogP contribution is -2.48. The molecule has 2 aromatic rings. The van der Waals surface area contributed by atoms with Crippen molar-refractivity contribution >= 4 is 11.9 Å². The number of pyridine rings is 1. The average Bonchev–Trinajstić information content (AvgIpc) is 2.59. The number of aromatic nitrogens is 1. The second kappa shape index (κ2) is 8.05. The van der Waals surface area contributed by atoms with E-state index in [1.807, 2.05) is 30.3 Å². The molecule has 0 saturated heterocycles. The minimum Gasteiger partial charge on any atom is -0.480 e. The van der Waals surface area contributed by atoms with Gasteiger partial charge in [-0.05, 0) is 17.7 Å². The van der Waals surface area contributed by atoms with Crippen LogP contribution in [-0.4, -0.2) is 39.5 Å². The minimum absolute atomic E-state index is 0.112. The molecule has 1 aromatic carbocycles. The highest BCUT2D eigenvalue weighted by atomic mass is 16.4. The van der Waals surface area contributed by atoms with Crippen LogP contribution in [0.15, 0.2) is 54.7 Å². The molecule has 0 aliphatic heterocycles. The number of carboxylic acids is 1. The molecule has 0 radical (unpaired) electrons. The number of carbonyl (C=O) groups is 2. The zero-order chi connectivity index (χ0) is 16.7. The quantitative estimate of drug-likeness (QED) is 0.797. The fourth-order valence-corrected chi connectivity index (χ4v) is 2.32. The lowest BCUT2D eigenvalue weighted by molar-refractivity contribution is -0.150. The van der Waals surface area contributed by atoms with Gasteiger partial charge in [-0.3, -0.25) is 9.78 Å². The lowest BCUT2D eigenvalue weighted by atomic mass is 10.0. The number of amides is 1. The maximum absolute atomic E-state index is 12.2. The molecule has 0 spiro atoms. The van der Waals surface area contributed by atoms with Crippen LogP contribution in [0.1, 0.15) is 11.3 Å². The number of benzene rings is 1. The van der Waals surface area contributed by atoms with E-state index in [-0.39, 0.29) is 19.5 Å². The van der Waals surface area contributed by atoms with E-state index >= 15 is 0 Å². The fraction of sp³-hybridized carbons (Fsp3) is 0.235. The van der Waals surface area contributed by atoms with E-state index in [0.717, 1.165) is 5.56 Å². The second-order valence-electron chi connectivity index (χ2n) is 5.09. The predicted molar refractivity (Wildman–Crippen MR) is 85.4 cm³/mol. The van der Waals surface area contributed by atoms with Crippen molar-refractivity contribution < 1.29 is 14.7 Å². The van der Waals surface area contributed by atoms with Crippen LogP contribution >= 0.6 is 0 Å². The first kappa shape index (κ1) is 16.6. The summed E-state index contributed by atoms with van der Waals surface area (Å²) >= 11 is 0. The number of nitrogens with zero attached hydrogens (tertiary/aromatic N) is 2. The number of aliphatic carboxylic acids is 1. The molecule has 0 aliphatic rings. The Bertz CT molecular complexity index is 647. The van der Waals surface area contributed by atoms with Crippen molar-refractivity contribution in [2.45, 2.75) is 19.0 Å². The van der Waals surface area contributed by atoms with Crippen molar-refractivity contribution in [2.75, 3.05) is 6.54 Å². The Labute approximate surface area is 134 Å². The Balaban J connectivity index is 2.26. The van der Waals surface area contributed by atoms with E-state index in [4.69, 9.17) is 5.73 Å². The van der Waals surface area contributed by atoms with Gasteiger partial charge in [0.15, 0.2) is 0 Å². The monoisotopic (exact) mass is 313 g/mol. The van der Waals surface area contributed by atoms with Crippen LogP contribution in [0.4, 0.5) is 0 Å². The zero-order valence-electron chi connectivity index (χ0n) is 12.6. The molecule has 3 N–H and O–H groups in total. The molecule has 0 aliphatic carbocycles. The molecule has 0 unspecified atom stereocenters. The predicted octanol–water partition coefficient (Wildman–Crippen LogP) is 1.06. The van der Waals surface area contributed by atoms with Crippen LogP contribution < -0.4 is 5.73 Å². The van der Waals surface area contributed by atoms with E-state index in [0.29, 0.717) is 5.69 Å². The van der Waals surface area contributed by atoms with Crippen LogP contribution in [0.5, 0.6) is 0 Å². The van der Waals surface area contributed by atoms with Crippen LogP contribution in [0.25, 0.3) is 0 Å². The molecule has 1 heterocycles. The highest BCUT2D eigenvalue weighted by molar-refractivity contribution is 5.84. The molecule has 1 amide bonds. The van der Waals surface area contributed by atoms with Gasteiger partial charge in [-0.25, -0.2) is 4.79 Å². The third kappa shape index (κ3) is 4.62. The Morgan fingerprint density at radius 1 is 1.13 bits per heavy atom. The Morgan fingerprint density at radius 3 is 2.39 bits per heavy atom. The van der Waals surface area contributed by atoms with Gasteiger partial charge in [0.05, 0.1) is 18.8 Å². The number of nitrogens with two attached hydrogens (primary N) is 1. The molecule has 1 atom stereocenters. The maximum Gasteiger partial charge on any atom is 0.326 e. The molecule has 0 bridgehead atoms. The van der Waals surface area contributed by atoms with Crippen molar-refractivity contribution in [1.82, 2.24) is 9.88 Å². The largest absolute Gasteiger partial charge is 0.480 e. The molecule has 0 saturated carbocycles. The summed E-state index contributed by atoms with van der Waals surface area (Å²) < 4.78 is 0. The molecule has 1 aromatic heterocycles. The highest BCUT2D eigenvalue weighted by Crippen LogP contribution is 2.13. The summed E-state index contributed by atoms with van der Waals surface area (Å²) in [5.74, 6) is -1.48. The molecule has 0 fully saturated rings. The highest BCUT2D eigenvalue weighted by Gasteiger charge is 2.29. The summed E-state index contributed by atoms with van der Waals surface area (Å²) in [4.78, 5) is 29.3.